The van der Waals surface area contributed by atoms with Crippen molar-refractivity contribution in [2.45, 2.75) is 37.9 Å². The fraction of sp³-hybridized carbons (Fsp3) is 0.923. The highest BCUT2D eigenvalue weighted by Crippen LogP contribution is 2.63. The lowest BCUT2D eigenvalue weighted by atomic mass is 9.47. The number of aliphatic hydroxyl groups is 1. The first kappa shape index (κ1) is 11.5. The van der Waals surface area contributed by atoms with Gasteiger partial charge in [-0.2, -0.15) is 0 Å². The molecule has 2 atom stereocenters. The highest BCUT2D eigenvalue weighted by molar-refractivity contribution is 5.77. The number of hydrogen-bond donors (Lipinski definition) is 1. The second-order valence-corrected chi connectivity index (χ2v) is 6.07. The third-order valence-electron chi connectivity index (χ3n) is 5.30. The molecule has 96 valence electrons. The largest absolute Gasteiger partial charge is 0.469 e. The summed E-state index contributed by atoms with van der Waals surface area (Å²) in [6.07, 6.45) is 4.35. The van der Waals surface area contributed by atoms with Crippen LogP contribution in [0.3, 0.4) is 0 Å². The highest BCUT2D eigenvalue weighted by Gasteiger charge is 2.65. The molecule has 17 heavy (non-hydrogen) atoms. The molecule has 4 rings (SSSR count). The van der Waals surface area contributed by atoms with Crippen LogP contribution in [0.4, 0.5) is 0 Å². The molecule has 4 heteroatoms. The maximum Gasteiger partial charge on any atom is 0.311 e. The first-order chi connectivity index (χ1) is 8.04. The van der Waals surface area contributed by atoms with Crippen molar-refractivity contribution < 1.29 is 19.4 Å². The summed E-state index contributed by atoms with van der Waals surface area (Å²) < 4.78 is 10.4. The quantitative estimate of drug-likeness (QED) is 0.584. The molecule has 0 radical (unpaired) electrons. The fourth-order valence-electron chi connectivity index (χ4n) is 4.74. The molecule has 0 aromatic heterocycles. The smallest absolute Gasteiger partial charge is 0.311 e. The Hall–Kier alpha value is -0.610. The Morgan fingerprint density at radius 1 is 1.18 bits per heavy atom. The Bertz CT molecular complexity index is 335. The lowest BCUT2D eigenvalue weighted by Gasteiger charge is -2.61. The Morgan fingerprint density at radius 2 is 1.76 bits per heavy atom. The SMILES string of the molecule is COC(=O)C12CC3CC(C1)C(O)(OC)C(C3)C2. The van der Waals surface area contributed by atoms with Crippen LogP contribution >= 0.6 is 0 Å². The molecule has 1 N–H and O–H groups in total. The Labute approximate surface area is 101 Å². The summed E-state index contributed by atoms with van der Waals surface area (Å²) in [7, 11) is 3.04. The van der Waals surface area contributed by atoms with Crippen molar-refractivity contribution in [3.05, 3.63) is 0 Å². The first-order valence-electron chi connectivity index (χ1n) is 6.40. The lowest BCUT2D eigenvalue weighted by Crippen LogP contribution is -2.63. The number of rotatable bonds is 2. The normalized spacial score (nSPS) is 51.6. The van der Waals surface area contributed by atoms with E-state index in [-0.39, 0.29) is 23.2 Å². The third-order valence-corrected chi connectivity index (χ3v) is 5.30. The molecule has 0 aliphatic heterocycles. The van der Waals surface area contributed by atoms with Crippen molar-refractivity contribution >= 4 is 5.97 Å². The minimum absolute atomic E-state index is 0.0879. The van der Waals surface area contributed by atoms with Gasteiger partial charge in [0.1, 0.15) is 0 Å². The van der Waals surface area contributed by atoms with E-state index < -0.39 is 5.79 Å². The number of carbonyl (C=O) groups excluding carboxylic acids is 1. The van der Waals surface area contributed by atoms with E-state index in [4.69, 9.17) is 9.47 Å². The van der Waals surface area contributed by atoms with Gasteiger partial charge < -0.3 is 14.6 Å². The van der Waals surface area contributed by atoms with Crippen LogP contribution in [0.2, 0.25) is 0 Å². The molecule has 4 aliphatic rings. The van der Waals surface area contributed by atoms with Gasteiger partial charge in [-0.3, -0.25) is 4.79 Å². The van der Waals surface area contributed by atoms with Gasteiger partial charge >= 0.3 is 5.97 Å². The maximum absolute atomic E-state index is 12.0. The van der Waals surface area contributed by atoms with E-state index in [1.54, 1.807) is 7.11 Å². The molecule has 0 aromatic carbocycles. The van der Waals surface area contributed by atoms with Crippen LogP contribution in [0, 0.1) is 23.2 Å². The Kier molecular flexibility index (Phi) is 2.33. The van der Waals surface area contributed by atoms with Crippen molar-refractivity contribution in [2.75, 3.05) is 14.2 Å². The van der Waals surface area contributed by atoms with Crippen LogP contribution in [0.5, 0.6) is 0 Å². The van der Waals surface area contributed by atoms with Crippen LogP contribution in [0.1, 0.15) is 32.1 Å². The van der Waals surface area contributed by atoms with Gasteiger partial charge in [0.05, 0.1) is 12.5 Å². The molecule has 4 aliphatic carbocycles. The van der Waals surface area contributed by atoms with Gasteiger partial charge in [0.15, 0.2) is 5.79 Å². The molecule has 4 nitrogen and oxygen atoms in total. The van der Waals surface area contributed by atoms with Gasteiger partial charge in [0, 0.05) is 18.9 Å². The predicted octanol–water partition coefficient (Wildman–Crippen LogP) is 1.32. The van der Waals surface area contributed by atoms with Crippen molar-refractivity contribution in [3.8, 4) is 0 Å². The molecule has 0 saturated heterocycles. The molecular weight excluding hydrogens is 220 g/mol. The van der Waals surface area contributed by atoms with Crippen molar-refractivity contribution in [2.24, 2.45) is 23.2 Å². The first-order valence-corrected chi connectivity index (χ1v) is 6.40. The lowest BCUT2D eigenvalue weighted by molar-refractivity contribution is -0.317. The van der Waals surface area contributed by atoms with E-state index in [1.165, 1.54) is 7.11 Å². The van der Waals surface area contributed by atoms with Crippen molar-refractivity contribution in [1.29, 1.82) is 0 Å². The number of hydrogen-bond acceptors (Lipinski definition) is 4. The van der Waals surface area contributed by atoms with E-state index in [0.29, 0.717) is 5.92 Å². The fourth-order valence-corrected chi connectivity index (χ4v) is 4.74. The second kappa shape index (κ2) is 3.45. The molecule has 0 heterocycles. The van der Waals surface area contributed by atoms with Gasteiger partial charge in [-0.15, -0.1) is 0 Å². The molecule has 0 amide bonds. The summed E-state index contributed by atoms with van der Waals surface area (Å²) in [5.41, 5.74) is -0.337. The summed E-state index contributed by atoms with van der Waals surface area (Å²) in [5.74, 6) is -0.346. The minimum Gasteiger partial charge on any atom is -0.469 e. The molecule has 4 bridgehead atoms. The molecule has 0 aromatic rings. The average Bonchev–Trinajstić information content (AvgIpc) is 2.33. The Balaban J connectivity index is 1.95. The zero-order chi connectivity index (χ0) is 12.3. The van der Waals surface area contributed by atoms with Gasteiger partial charge in [0.25, 0.3) is 0 Å². The van der Waals surface area contributed by atoms with Gasteiger partial charge in [-0.05, 0) is 38.0 Å². The van der Waals surface area contributed by atoms with Crippen molar-refractivity contribution in [1.82, 2.24) is 0 Å². The Morgan fingerprint density at radius 3 is 2.24 bits per heavy atom. The minimum atomic E-state index is -1.01. The number of ether oxygens (including phenoxy) is 2. The summed E-state index contributed by atoms with van der Waals surface area (Å²) in [6.45, 7) is 0. The van der Waals surface area contributed by atoms with Crippen LogP contribution in [0.15, 0.2) is 0 Å². The molecule has 0 spiro atoms. The molecule has 4 saturated carbocycles. The van der Waals surface area contributed by atoms with E-state index in [0.717, 1.165) is 32.1 Å². The van der Waals surface area contributed by atoms with E-state index in [1.807, 2.05) is 0 Å². The monoisotopic (exact) mass is 240 g/mol. The zero-order valence-electron chi connectivity index (χ0n) is 10.4. The summed E-state index contributed by atoms with van der Waals surface area (Å²) in [4.78, 5) is 12.0. The van der Waals surface area contributed by atoms with E-state index in [2.05, 4.69) is 0 Å². The molecular formula is C13H20O4. The summed E-state index contributed by atoms with van der Waals surface area (Å²) in [6, 6.07) is 0. The maximum atomic E-state index is 12.0. The van der Waals surface area contributed by atoms with Crippen LogP contribution in [-0.2, 0) is 14.3 Å². The van der Waals surface area contributed by atoms with E-state index >= 15 is 0 Å². The predicted molar refractivity (Wildman–Crippen MR) is 60.0 cm³/mol. The van der Waals surface area contributed by atoms with Gasteiger partial charge in [-0.1, -0.05) is 0 Å². The zero-order valence-corrected chi connectivity index (χ0v) is 10.4. The summed E-state index contributed by atoms with van der Waals surface area (Å²) in [5, 5.41) is 10.6. The highest BCUT2D eigenvalue weighted by atomic mass is 16.6. The van der Waals surface area contributed by atoms with E-state index in [9.17, 15) is 9.90 Å². The van der Waals surface area contributed by atoms with Crippen LogP contribution in [-0.4, -0.2) is 31.1 Å². The third kappa shape index (κ3) is 1.34. The molecule has 4 fully saturated rings. The molecule has 2 unspecified atom stereocenters. The second-order valence-electron chi connectivity index (χ2n) is 6.07. The van der Waals surface area contributed by atoms with Crippen molar-refractivity contribution in [3.63, 3.8) is 0 Å². The van der Waals surface area contributed by atoms with Gasteiger partial charge in [-0.25, -0.2) is 0 Å². The van der Waals surface area contributed by atoms with Crippen LogP contribution < -0.4 is 0 Å². The number of esters is 1. The van der Waals surface area contributed by atoms with Gasteiger partial charge in [0.2, 0.25) is 0 Å². The van der Waals surface area contributed by atoms with Crippen LogP contribution in [0.25, 0.3) is 0 Å². The number of methoxy groups -OCH3 is 2. The number of carbonyl (C=O) groups is 1. The average molecular weight is 240 g/mol. The summed E-state index contributed by atoms with van der Waals surface area (Å²) >= 11 is 0. The standard InChI is InChI=1S/C13H20O4/c1-16-11(14)12-5-8-3-9(6-12)13(15,17-2)10(4-8)7-12/h8-10,15H,3-7H2,1-2H3. The topological polar surface area (TPSA) is 55.8 Å².